The summed E-state index contributed by atoms with van der Waals surface area (Å²) in [6.45, 7) is -4.26. The Hall–Kier alpha value is -3.76. The second-order valence-electron chi connectivity index (χ2n) is 6.17. The summed E-state index contributed by atoms with van der Waals surface area (Å²) >= 11 is 0. The van der Waals surface area contributed by atoms with Crippen molar-refractivity contribution in [2.45, 2.75) is 26.7 Å². The maximum atomic E-state index is 12.6. The highest BCUT2D eigenvalue weighted by molar-refractivity contribution is 5.96. The lowest BCUT2D eigenvalue weighted by molar-refractivity contribution is -0.0692. The Labute approximate surface area is 179 Å². The van der Waals surface area contributed by atoms with Gasteiger partial charge in [-0.25, -0.2) is 4.98 Å². The van der Waals surface area contributed by atoms with Crippen LogP contribution >= 0.6 is 0 Å². The molecule has 1 heterocycles. The molecule has 1 amide bonds. The van der Waals surface area contributed by atoms with Crippen molar-refractivity contribution in [3.8, 4) is 28.7 Å². The lowest BCUT2D eigenvalue weighted by atomic mass is 10.2. The first-order chi connectivity index (χ1) is 15.4. The van der Waals surface area contributed by atoms with Gasteiger partial charge in [0.05, 0.1) is 24.4 Å². The molecule has 1 aromatic heterocycles. The van der Waals surface area contributed by atoms with Gasteiger partial charge in [-0.15, -0.1) is 0 Å². The van der Waals surface area contributed by atoms with Crippen molar-refractivity contribution in [3.05, 3.63) is 60.0 Å². The summed E-state index contributed by atoms with van der Waals surface area (Å²) in [4.78, 5) is 16.6. The predicted octanol–water partition coefficient (Wildman–Crippen LogP) is 4.87. The molecule has 3 aromatic rings. The molecule has 0 saturated heterocycles. The molecular formula is C21H18F4N2O5. The summed E-state index contributed by atoms with van der Waals surface area (Å²) in [6, 6.07) is 10.1. The van der Waals surface area contributed by atoms with Crippen LogP contribution in [0.1, 0.15) is 23.0 Å². The van der Waals surface area contributed by atoms with Crippen molar-refractivity contribution < 1.29 is 41.0 Å². The number of aromatic nitrogens is 1. The van der Waals surface area contributed by atoms with Gasteiger partial charge in [0.1, 0.15) is 12.0 Å². The number of rotatable bonds is 10. The van der Waals surface area contributed by atoms with Crippen LogP contribution in [-0.4, -0.2) is 30.7 Å². The van der Waals surface area contributed by atoms with Gasteiger partial charge in [0, 0.05) is 5.56 Å². The number of halogens is 4. The third-order valence-corrected chi connectivity index (χ3v) is 4.04. The molecule has 2 aromatic carbocycles. The molecular weight excluding hydrogens is 436 g/mol. The average Bonchev–Trinajstić information content (AvgIpc) is 3.22. The largest absolute Gasteiger partial charge is 0.493 e. The number of benzene rings is 2. The molecule has 1 N–H and O–H groups in total. The summed E-state index contributed by atoms with van der Waals surface area (Å²) in [5.41, 5.74) is 0.870. The number of nitrogens with zero attached hydrogens (tertiary/aromatic N) is 1. The number of nitrogens with one attached hydrogen (secondary N) is 1. The number of hydrogen-bond donors (Lipinski definition) is 1. The van der Waals surface area contributed by atoms with Gasteiger partial charge in [-0.2, -0.15) is 17.6 Å². The Morgan fingerprint density at radius 3 is 2.47 bits per heavy atom. The van der Waals surface area contributed by atoms with Crippen LogP contribution in [0.15, 0.2) is 53.1 Å². The van der Waals surface area contributed by atoms with E-state index < -0.39 is 24.7 Å². The monoisotopic (exact) mass is 454 g/mol. The Morgan fingerprint density at radius 1 is 1.03 bits per heavy atom. The minimum absolute atomic E-state index is 0.00618. The van der Waals surface area contributed by atoms with E-state index in [2.05, 4.69) is 19.8 Å². The molecule has 0 fully saturated rings. The van der Waals surface area contributed by atoms with Crippen molar-refractivity contribution in [2.75, 3.05) is 6.61 Å². The summed E-state index contributed by atoms with van der Waals surface area (Å²) < 4.78 is 69.3. The Morgan fingerprint density at radius 2 is 1.75 bits per heavy atom. The van der Waals surface area contributed by atoms with E-state index in [1.54, 1.807) is 31.2 Å². The van der Waals surface area contributed by atoms with Crippen LogP contribution in [0.2, 0.25) is 0 Å². The molecule has 3 rings (SSSR count). The third-order valence-electron chi connectivity index (χ3n) is 4.04. The number of para-hydroxylation sites is 1. The number of carbonyl (C=O) groups excluding carboxylic acids is 1. The van der Waals surface area contributed by atoms with Crippen LogP contribution in [0.3, 0.4) is 0 Å². The normalized spacial score (nSPS) is 11.0. The van der Waals surface area contributed by atoms with Crippen LogP contribution in [0, 0.1) is 0 Å². The highest BCUT2D eigenvalue weighted by atomic mass is 19.3. The van der Waals surface area contributed by atoms with Crippen LogP contribution in [0.4, 0.5) is 17.6 Å². The number of amides is 1. The van der Waals surface area contributed by atoms with E-state index in [1.807, 2.05) is 0 Å². The van der Waals surface area contributed by atoms with E-state index in [4.69, 9.17) is 9.15 Å². The molecule has 0 aliphatic heterocycles. The Bertz CT molecular complexity index is 1060. The van der Waals surface area contributed by atoms with Crippen molar-refractivity contribution in [3.63, 3.8) is 0 Å². The third kappa shape index (κ3) is 5.90. The lowest BCUT2D eigenvalue weighted by Crippen LogP contribution is -2.23. The van der Waals surface area contributed by atoms with Gasteiger partial charge in [0.25, 0.3) is 5.91 Å². The summed E-state index contributed by atoms with van der Waals surface area (Å²) in [5, 5.41) is 2.68. The minimum Gasteiger partial charge on any atom is -0.493 e. The number of carbonyl (C=O) groups is 1. The van der Waals surface area contributed by atoms with Crippen LogP contribution < -0.4 is 19.5 Å². The highest BCUT2D eigenvalue weighted by Crippen LogP contribution is 2.34. The number of oxazole rings is 1. The van der Waals surface area contributed by atoms with Gasteiger partial charge in [-0.1, -0.05) is 12.1 Å². The molecule has 0 radical (unpaired) electrons. The smallest absolute Gasteiger partial charge is 0.387 e. The zero-order valence-electron chi connectivity index (χ0n) is 16.7. The molecule has 170 valence electrons. The fourth-order valence-electron chi connectivity index (χ4n) is 2.74. The Balaban J connectivity index is 1.72. The second-order valence-corrected chi connectivity index (χ2v) is 6.17. The maximum absolute atomic E-state index is 12.6. The first-order valence-electron chi connectivity index (χ1n) is 9.35. The fraction of sp³-hybridized carbons (Fsp3) is 0.238. The molecule has 32 heavy (non-hydrogen) atoms. The average molecular weight is 454 g/mol. The predicted molar refractivity (Wildman–Crippen MR) is 104 cm³/mol. The first-order valence-corrected chi connectivity index (χ1v) is 9.35. The van der Waals surface area contributed by atoms with Gasteiger partial charge in [-0.3, -0.25) is 4.79 Å². The highest BCUT2D eigenvalue weighted by Gasteiger charge is 2.18. The Kier molecular flexibility index (Phi) is 7.53. The van der Waals surface area contributed by atoms with Gasteiger partial charge in [-0.05, 0) is 37.3 Å². The second kappa shape index (κ2) is 10.5. The van der Waals surface area contributed by atoms with E-state index in [0.29, 0.717) is 23.6 Å². The molecule has 0 saturated carbocycles. The van der Waals surface area contributed by atoms with E-state index in [9.17, 15) is 22.4 Å². The van der Waals surface area contributed by atoms with Gasteiger partial charge < -0.3 is 23.9 Å². The molecule has 0 atom stereocenters. The van der Waals surface area contributed by atoms with Gasteiger partial charge in [0.2, 0.25) is 5.89 Å². The van der Waals surface area contributed by atoms with E-state index >= 15 is 0 Å². The minimum atomic E-state index is -3.25. The number of ether oxygens (including phenoxy) is 3. The number of hydrogen-bond acceptors (Lipinski definition) is 6. The molecule has 0 unspecified atom stereocenters. The van der Waals surface area contributed by atoms with Crippen molar-refractivity contribution in [1.82, 2.24) is 10.3 Å². The molecule has 0 bridgehead atoms. The molecule has 0 aliphatic rings. The van der Waals surface area contributed by atoms with Crippen LogP contribution in [0.5, 0.6) is 17.2 Å². The SMILES string of the molecule is CCOc1ccccc1C(=O)NCc1coc(-c2ccc(OC(F)F)c(OC(F)F)c2)n1. The first kappa shape index (κ1) is 22.9. The number of alkyl halides is 4. The molecule has 0 aliphatic carbocycles. The van der Waals surface area contributed by atoms with Gasteiger partial charge >= 0.3 is 13.2 Å². The maximum Gasteiger partial charge on any atom is 0.387 e. The summed E-state index contributed by atoms with van der Waals surface area (Å²) in [7, 11) is 0. The van der Waals surface area contributed by atoms with E-state index in [-0.39, 0.29) is 23.9 Å². The van der Waals surface area contributed by atoms with Crippen LogP contribution in [0.25, 0.3) is 11.5 Å². The molecule has 11 heteroatoms. The lowest BCUT2D eigenvalue weighted by Gasteiger charge is -2.12. The standard InChI is InChI=1S/C21H18F4N2O5/c1-2-29-15-6-4-3-5-14(15)18(28)26-10-13-11-30-19(27-13)12-7-8-16(31-20(22)23)17(9-12)32-21(24)25/h3-9,11,20-21H,2,10H2,1H3,(H,26,28). The van der Waals surface area contributed by atoms with Crippen molar-refractivity contribution in [2.24, 2.45) is 0 Å². The van der Waals surface area contributed by atoms with Gasteiger partial charge in [0.15, 0.2) is 11.5 Å². The van der Waals surface area contributed by atoms with Crippen LogP contribution in [-0.2, 0) is 6.54 Å². The van der Waals surface area contributed by atoms with E-state index in [1.165, 1.54) is 12.3 Å². The zero-order valence-corrected chi connectivity index (χ0v) is 16.7. The summed E-state index contributed by atoms with van der Waals surface area (Å²) in [6.07, 6.45) is 1.27. The quantitative estimate of drug-likeness (QED) is 0.440. The topological polar surface area (TPSA) is 82.8 Å². The van der Waals surface area contributed by atoms with E-state index in [0.717, 1.165) is 12.1 Å². The summed E-state index contributed by atoms with van der Waals surface area (Å²) in [5.74, 6) is -1.10. The molecule has 0 spiro atoms. The van der Waals surface area contributed by atoms with Crippen molar-refractivity contribution in [1.29, 1.82) is 0 Å². The fourth-order valence-corrected chi connectivity index (χ4v) is 2.74. The van der Waals surface area contributed by atoms with Crippen molar-refractivity contribution >= 4 is 5.91 Å². The zero-order chi connectivity index (χ0) is 23.1. The molecule has 7 nitrogen and oxygen atoms in total.